The highest BCUT2D eigenvalue weighted by molar-refractivity contribution is 6.31. The lowest BCUT2D eigenvalue weighted by atomic mass is 10.2. The Hall–Kier alpha value is -1.65. The maximum Gasteiger partial charge on any atom is 0.219 e. The first-order valence-electron chi connectivity index (χ1n) is 5.84. The molecule has 3 nitrogen and oxygen atoms in total. The molecule has 0 bridgehead atoms. The SMILES string of the molecule is CNCc1nc(Oc2cc(F)ccc2C)ccc1Cl. The highest BCUT2D eigenvalue weighted by Gasteiger charge is 2.07. The number of aromatic nitrogens is 1. The number of hydrogen-bond acceptors (Lipinski definition) is 3. The molecule has 1 aromatic carbocycles. The molecule has 19 heavy (non-hydrogen) atoms. The fraction of sp³-hybridized carbons (Fsp3) is 0.214. The van der Waals surface area contributed by atoms with Gasteiger partial charge in [-0.3, -0.25) is 0 Å². The average Bonchev–Trinajstić information content (AvgIpc) is 2.38. The van der Waals surface area contributed by atoms with Gasteiger partial charge in [0.2, 0.25) is 5.88 Å². The Morgan fingerprint density at radius 2 is 2.11 bits per heavy atom. The topological polar surface area (TPSA) is 34.2 Å². The number of benzene rings is 1. The van der Waals surface area contributed by atoms with Gasteiger partial charge in [-0.25, -0.2) is 9.37 Å². The van der Waals surface area contributed by atoms with E-state index in [0.717, 1.165) is 5.56 Å². The summed E-state index contributed by atoms with van der Waals surface area (Å²) in [6.45, 7) is 2.39. The lowest BCUT2D eigenvalue weighted by molar-refractivity contribution is 0.452. The summed E-state index contributed by atoms with van der Waals surface area (Å²) >= 11 is 6.02. The lowest BCUT2D eigenvalue weighted by Crippen LogP contribution is -2.08. The smallest absolute Gasteiger partial charge is 0.219 e. The number of ether oxygens (including phenoxy) is 1. The van der Waals surface area contributed by atoms with Gasteiger partial charge >= 0.3 is 0 Å². The van der Waals surface area contributed by atoms with Crippen LogP contribution in [0, 0.1) is 12.7 Å². The number of aryl methyl sites for hydroxylation is 1. The number of nitrogens with zero attached hydrogens (tertiary/aromatic N) is 1. The van der Waals surface area contributed by atoms with Crippen molar-refractivity contribution in [1.82, 2.24) is 10.3 Å². The van der Waals surface area contributed by atoms with Crippen molar-refractivity contribution >= 4 is 11.6 Å². The molecule has 1 aromatic heterocycles. The summed E-state index contributed by atoms with van der Waals surface area (Å²) in [7, 11) is 1.81. The third kappa shape index (κ3) is 3.43. The van der Waals surface area contributed by atoms with Crippen LogP contribution >= 0.6 is 11.6 Å². The first-order valence-corrected chi connectivity index (χ1v) is 6.22. The number of nitrogens with one attached hydrogen (secondary N) is 1. The van der Waals surface area contributed by atoms with Gasteiger partial charge in [-0.1, -0.05) is 17.7 Å². The molecule has 0 aliphatic heterocycles. The molecule has 0 saturated heterocycles. The van der Waals surface area contributed by atoms with Crippen LogP contribution in [0.4, 0.5) is 4.39 Å². The first kappa shape index (κ1) is 13.8. The Morgan fingerprint density at radius 3 is 2.84 bits per heavy atom. The van der Waals surface area contributed by atoms with Crippen LogP contribution in [0.25, 0.3) is 0 Å². The normalized spacial score (nSPS) is 10.5. The molecule has 0 amide bonds. The number of hydrogen-bond donors (Lipinski definition) is 1. The molecular formula is C14H14ClFN2O. The van der Waals surface area contributed by atoms with E-state index >= 15 is 0 Å². The van der Waals surface area contributed by atoms with Crippen molar-refractivity contribution in [2.24, 2.45) is 0 Å². The zero-order chi connectivity index (χ0) is 13.8. The quantitative estimate of drug-likeness (QED) is 0.927. The summed E-state index contributed by atoms with van der Waals surface area (Å²) in [4.78, 5) is 4.29. The summed E-state index contributed by atoms with van der Waals surface area (Å²) in [5.41, 5.74) is 1.53. The molecule has 0 spiro atoms. The van der Waals surface area contributed by atoms with E-state index in [-0.39, 0.29) is 5.82 Å². The first-order chi connectivity index (χ1) is 9.10. The van der Waals surface area contributed by atoms with E-state index in [1.165, 1.54) is 12.1 Å². The second kappa shape index (κ2) is 5.99. The van der Waals surface area contributed by atoms with Crippen LogP contribution in [0.3, 0.4) is 0 Å². The van der Waals surface area contributed by atoms with Gasteiger partial charge in [-0.15, -0.1) is 0 Å². The Bertz CT molecular complexity index is 590. The van der Waals surface area contributed by atoms with Crippen molar-refractivity contribution in [3.05, 3.63) is 52.4 Å². The molecule has 0 unspecified atom stereocenters. The third-order valence-corrected chi connectivity index (χ3v) is 2.95. The molecule has 0 fully saturated rings. The molecule has 0 aliphatic carbocycles. The van der Waals surface area contributed by atoms with E-state index in [2.05, 4.69) is 10.3 Å². The van der Waals surface area contributed by atoms with Gasteiger partial charge in [-0.05, 0) is 31.7 Å². The monoisotopic (exact) mass is 280 g/mol. The Morgan fingerprint density at radius 1 is 1.32 bits per heavy atom. The van der Waals surface area contributed by atoms with Crippen LogP contribution < -0.4 is 10.1 Å². The highest BCUT2D eigenvalue weighted by Crippen LogP contribution is 2.26. The molecule has 1 heterocycles. The Kier molecular flexibility index (Phi) is 4.35. The summed E-state index contributed by atoms with van der Waals surface area (Å²) < 4.78 is 18.8. The van der Waals surface area contributed by atoms with Gasteiger partial charge in [-0.2, -0.15) is 0 Å². The van der Waals surface area contributed by atoms with Gasteiger partial charge in [0.15, 0.2) is 0 Å². The molecule has 2 aromatic rings. The molecule has 2 rings (SSSR count). The number of rotatable bonds is 4. The second-order valence-electron chi connectivity index (χ2n) is 4.12. The van der Waals surface area contributed by atoms with Crippen LogP contribution in [0.5, 0.6) is 11.6 Å². The predicted molar refractivity (Wildman–Crippen MR) is 73.2 cm³/mol. The molecule has 0 atom stereocenters. The van der Waals surface area contributed by atoms with Crippen molar-refractivity contribution in [3.63, 3.8) is 0 Å². The Labute approximate surface area is 116 Å². The lowest BCUT2D eigenvalue weighted by Gasteiger charge is -2.10. The van der Waals surface area contributed by atoms with Crippen LogP contribution in [-0.2, 0) is 6.54 Å². The maximum absolute atomic E-state index is 13.2. The third-order valence-electron chi connectivity index (χ3n) is 2.60. The number of pyridine rings is 1. The van der Waals surface area contributed by atoms with Crippen LogP contribution in [0.1, 0.15) is 11.3 Å². The highest BCUT2D eigenvalue weighted by atomic mass is 35.5. The van der Waals surface area contributed by atoms with Crippen molar-refractivity contribution < 1.29 is 9.13 Å². The summed E-state index contributed by atoms with van der Waals surface area (Å²) in [5.74, 6) is 0.499. The van der Waals surface area contributed by atoms with E-state index in [9.17, 15) is 4.39 Å². The second-order valence-corrected chi connectivity index (χ2v) is 4.53. The van der Waals surface area contributed by atoms with Gasteiger partial charge in [0.1, 0.15) is 11.6 Å². The number of halogens is 2. The Balaban J connectivity index is 2.28. The molecule has 1 N–H and O–H groups in total. The zero-order valence-electron chi connectivity index (χ0n) is 10.7. The molecular weight excluding hydrogens is 267 g/mol. The van der Waals surface area contributed by atoms with Gasteiger partial charge in [0.25, 0.3) is 0 Å². The van der Waals surface area contributed by atoms with E-state index in [0.29, 0.717) is 28.9 Å². The van der Waals surface area contributed by atoms with Gasteiger partial charge in [0.05, 0.1) is 10.7 Å². The molecule has 0 aliphatic rings. The van der Waals surface area contributed by atoms with E-state index in [1.54, 1.807) is 18.2 Å². The van der Waals surface area contributed by atoms with Crippen molar-refractivity contribution in [2.45, 2.75) is 13.5 Å². The van der Waals surface area contributed by atoms with Gasteiger partial charge in [0, 0.05) is 18.7 Å². The van der Waals surface area contributed by atoms with Crippen molar-refractivity contribution in [2.75, 3.05) is 7.05 Å². The van der Waals surface area contributed by atoms with Crippen molar-refractivity contribution in [3.8, 4) is 11.6 Å². The summed E-state index contributed by atoms with van der Waals surface area (Å²) in [5, 5.41) is 3.54. The van der Waals surface area contributed by atoms with Crippen LogP contribution in [-0.4, -0.2) is 12.0 Å². The van der Waals surface area contributed by atoms with Gasteiger partial charge < -0.3 is 10.1 Å². The van der Waals surface area contributed by atoms with Crippen LogP contribution in [0.2, 0.25) is 5.02 Å². The largest absolute Gasteiger partial charge is 0.439 e. The zero-order valence-corrected chi connectivity index (χ0v) is 11.5. The minimum Gasteiger partial charge on any atom is -0.439 e. The van der Waals surface area contributed by atoms with Crippen molar-refractivity contribution in [1.29, 1.82) is 0 Å². The van der Waals surface area contributed by atoms with E-state index in [1.807, 2.05) is 14.0 Å². The minimum atomic E-state index is -0.343. The average molecular weight is 281 g/mol. The predicted octanol–water partition coefficient (Wildman–Crippen LogP) is 3.69. The fourth-order valence-electron chi connectivity index (χ4n) is 1.61. The van der Waals surface area contributed by atoms with E-state index < -0.39 is 0 Å². The summed E-state index contributed by atoms with van der Waals surface area (Å²) in [6.07, 6.45) is 0. The molecule has 0 radical (unpaired) electrons. The standard InChI is InChI=1S/C14H14ClFN2O/c1-9-3-4-10(16)7-13(9)19-14-6-5-11(15)12(18-14)8-17-2/h3-7,17H,8H2,1-2H3. The molecule has 5 heteroatoms. The van der Waals surface area contributed by atoms with Crippen LogP contribution in [0.15, 0.2) is 30.3 Å². The minimum absolute atomic E-state index is 0.343. The molecule has 0 saturated carbocycles. The fourth-order valence-corrected chi connectivity index (χ4v) is 1.78. The van der Waals surface area contributed by atoms with E-state index in [4.69, 9.17) is 16.3 Å². The molecule has 100 valence electrons. The summed E-state index contributed by atoms with van der Waals surface area (Å²) in [6, 6.07) is 7.76. The maximum atomic E-state index is 13.2.